The lowest BCUT2D eigenvalue weighted by Gasteiger charge is -2.08. The number of hydrogen-bond donors (Lipinski definition) is 2. The number of nitrogens with one attached hydrogen (secondary N) is 2. The SMILES string of the molecule is CNC(/C=C/c1cncn1C)NC. The third-order valence-corrected chi connectivity index (χ3v) is 1.94. The Hall–Kier alpha value is -1.13. The highest BCUT2D eigenvalue weighted by Gasteiger charge is 1.96. The van der Waals surface area contributed by atoms with Crippen LogP contribution in [0.15, 0.2) is 18.6 Å². The molecule has 0 radical (unpaired) electrons. The summed E-state index contributed by atoms with van der Waals surface area (Å²) in [5.41, 5.74) is 1.09. The highest BCUT2D eigenvalue weighted by atomic mass is 15.1. The van der Waals surface area contributed by atoms with Gasteiger partial charge in [0.15, 0.2) is 0 Å². The molecule has 13 heavy (non-hydrogen) atoms. The second-order valence-electron chi connectivity index (χ2n) is 2.84. The van der Waals surface area contributed by atoms with Crippen LogP contribution >= 0.6 is 0 Å². The van der Waals surface area contributed by atoms with E-state index in [1.54, 1.807) is 6.33 Å². The van der Waals surface area contributed by atoms with E-state index in [1.165, 1.54) is 0 Å². The Balaban J connectivity index is 2.62. The van der Waals surface area contributed by atoms with Crippen molar-refractivity contribution in [2.24, 2.45) is 7.05 Å². The van der Waals surface area contributed by atoms with Crippen molar-refractivity contribution in [2.75, 3.05) is 14.1 Å². The molecule has 0 aromatic carbocycles. The van der Waals surface area contributed by atoms with Crippen molar-refractivity contribution in [3.8, 4) is 0 Å². The van der Waals surface area contributed by atoms with Gasteiger partial charge in [-0.1, -0.05) is 6.08 Å². The molecule has 0 unspecified atom stereocenters. The Morgan fingerprint density at radius 1 is 1.46 bits per heavy atom. The number of nitrogens with zero attached hydrogens (tertiary/aromatic N) is 2. The van der Waals surface area contributed by atoms with Crippen LogP contribution in [0.25, 0.3) is 6.08 Å². The van der Waals surface area contributed by atoms with Crippen molar-refractivity contribution in [2.45, 2.75) is 6.17 Å². The van der Waals surface area contributed by atoms with Gasteiger partial charge in [0.2, 0.25) is 0 Å². The van der Waals surface area contributed by atoms with E-state index in [2.05, 4.69) is 21.7 Å². The molecule has 0 aliphatic rings. The first-order valence-electron chi connectivity index (χ1n) is 4.27. The van der Waals surface area contributed by atoms with Crippen molar-refractivity contribution in [3.63, 3.8) is 0 Å². The maximum atomic E-state index is 4.02. The fraction of sp³-hybridized carbons (Fsp3) is 0.444. The highest BCUT2D eigenvalue weighted by Crippen LogP contribution is 1.99. The second-order valence-corrected chi connectivity index (χ2v) is 2.84. The van der Waals surface area contributed by atoms with Crippen molar-refractivity contribution in [1.29, 1.82) is 0 Å². The van der Waals surface area contributed by atoms with Gasteiger partial charge >= 0.3 is 0 Å². The lowest BCUT2D eigenvalue weighted by Crippen LogP contribution is -2.35. The van der Waals surface area contributed by atoms with Crippen LogP contribution in [-0.4, -0.2) is 29.8 Å². The molecule has 0 saturated carbocycles. The van der Waals surface area contributed by atoms with Crippen molar-refractivity contribution < 1.29 is 0 Å². The molecule has 1 heterocycles. The summed E-state index contributed by atoms with van der Waals surface area (Å²) in [6, 6.07) is 0. The summed E-state index contributed by atoms with van der Waals surface area (Å²) in [6.45, 7) is 0. The number of rotatable bonds is 4. The molecule has 0 spiro atoms. The van der Waals surface area contributed by atoms with E-state index in [1.807, 2.05) is 38.0 Å². The maximum absolute atomic E-state index is 4.02. The zero-order valence-corrected chi connectivity index (χ0v) is 8.28. The lowest BCUT2D eigenvalue weighted by atomic mass is 10.3. The molecule has 0 atom stereocenters. The predicted octanol–water partition coefficient (Wildman–Crippen LogP) is 0.198. The number of aryl methyl sites for hydroxylation is 1. The molecular weight excluding hydrogens is 164 g/mol. The van der Waals surface area contributed by atoms with Crippen LogP contribution in [0.1, 0.15) is 5.69 Å². The van der Waals surface area contributed by atoms with E-state index in [0.29, 0.717) is 0 Å². The van der Waals surface area contributed by atoms with Crippen LogP contribution in [0.2, 0.25) is 0 Å². The first kappa shape index (κ1) is 9.95. The Morgan fingerprint density at radius 2 is 2.15 bits per heavy atom. The van der Waals surface area contributed by atoms with Gasteiger partial charge in [-0.2, -0.15) is 0 Å². The molecule has 4 nitrogen and oxygen atoms in total. The summed E-state index contributed by atoms with van der Waals surface area (Å²) >= 11 is 0. The average Bonchev–Trinajstić information content (AvgIpc) is 2.54. The molecule has 0 amide bonds. The predicted molar refractivity (Wildman–Crippen MR) is 54.1 cm³/mol. The third-order valence-electron chi connectivity index (χ3n) is 1.94. The normalized spacial score (nSPS) is 11.7. The molecule has 1 aromatic rings. The molecule has 72 valence electrons. The van der Waals surface area contributed by atoms with Gasteiger partial charge in [-0.25, -0.2) is 4.98 Å². The summed E-state index contributed by atoms with van der Waals surface area (Å²) in [7, 11) is 5.80. The molecule has 1 rings (SSSR count). The largest absolute Gasteiger partial charge is 0.334 e. The monoisotopic (exact) mass is 180 g/mol. The van der Waals surface area contributed by atoms with Crippen LogP contribution in [0, 0.1) is 0 Å². The van der Waals surface area contributed by atoms with Gasteiger partial charge in [-0.15, -0.1) is 0 Å². The van der Waals surface area contributed by atoms with E-state index < -0.39 is 0 Å². The molecule has 0 bridgehead atoms. The molecule has 0 saturated heterocycles. The van der Waals surface area contributed by atoms with E-state index in [-0.39, 0.29) is 6.17 Å². The Kier molecular flexibility index (Phi) is 3.67. The van der Waals surface area contributed by atoms with Crippen molar-refractivity contribution in [1.82, 2.24) is 20.2 Å². The molecule has 0 aliphatic carbocycles. The summed E-state index contributed by atoms with van der Waals surface area (Å²) in [5, 5.41) is 6.21. The minimum atomic E-state index is 0.204. The average molecular weight is 180 g/mol. The van der Waals surface area contributed by atoms with Gasteiger partial charge in [-0.05, 0) is 20.2 Å². The van der Waals surface area contributed by atoms with Crippen molar-refractivity contribution in [3.05, 3.63) is 24.3 Å². The van der Waals surface area contributed by atoms with Gasteiger partial charge in [0, 0.05) is 7.05 Å². The third kappa shape index (κ3) is 2.68. The summed E-state index contributed by atoms with van der Waals surface area (Å²) in [6.07, 6.45) is 7.91. The minimum Gasteiger partial charge on any atom is -0.334 e. The molecule has 4 heteroatoms. The second kappa shape index (κ2) is 4.79. The van der Waals surface area contributed by atoms with Crippen LogP contribution in [0.5, 0.6) is 0 Å². The number of imidazole rings is 1. The van der Waals surface area contributed by atoms with Gasteiger partial charge < -0.3 is 15.2 Å². The van der Waals surface area contributed by atoms with Gasteiger partial charge in [0.25, 0.3) is 0 Å². The Labute approximate surface area is 78.7 Å². The maximum Gasteiger partial charge on any atom is 0.0948 e. The molecule has 0 aliphatic heterocycles. The number of hydrogen-bond acceptors (Lipinski definition) is 3. The smallest absolute Gasteiger partial charge is 0.0948 e. The highest BCUT2D eigenvalue weighted by molar-refractivity contribution is 5.44. The zero-order chi connectivity index (χ0) is 9.68. The summed E-state index contributed by atoms with van der Waals surface area (Å²) in [4.78, 5) is 4.02. The van der Waals surface area contributed by atoms with E-state index in [4.69, 9.17) is 0 Å². The lowest BCUT2D eigenvalue weighted by molar-refractivity contribution is 0.589. The Morgan fingerprint density at radius 3 is 2.62 bits per heavy atom. The van der Waals surface area contributed by atoms with E-state index >= 15 is 0 Å². The summed E-state index contributed by atoms with van der Waals surface area (Å²) in [5.74, 6) is 0. The zero-order valence-electron chi connectivity index (χ0n) is 8.28. The van der Waals surface area contributed by atoms with Gasteiger partial charge in [0.1, 0.15) is 0 Å². The topological polar surface area (TPSA) is 41.9 Å². The van der Waals surface area contributed by atoms with Crippen LogP contribution in [-0.2, 0) is 7.05 Å². The summed E-state index contributed by atoms with van der Waals surface area (Å²) < 4.78 is 1.97. The Bertz CT molecular complexity index is 273. The van der Waals surface area contributed by atoms with Crippen LogP contribution < -0.4 is 10.6 Å². The minimum absolute atomic E-state index is 0.204. The number of likely N-dealkylation sites (N-methyl/N-ethyl adjacent to an activating group) is 2. The fourth-order valence-electron chi connectivity index (χ4n) is 1.06. The first-order valence-corrected chi connectivity index (χ1v) is 4.27. The van der Waals surface area contributed by atoms with Gasteiger partial charge in [0.05, 0.1) is 24.4 Å². The number of aromatic nitrogens is 2. The van der Waals surface area contributed by atoms with Crippen LogP contribution in [0.3, 0.4) is 0 Å². The molecule has 0 fully saturated rings. The molecular formula is C9H16N4. The van der Waals surface area contributed by atoms with Crippen LogP contribution in [0.4, 0.5) is 0 Å². The quantitative estimate of drug-likeness (QED) is 0.650. The first-order chi connectivity index (χ1) is 6.27. The fourth-order valence-corrected chi connectivity index (χ4v) is 1.06. The van der Waals surface area contributed by atoms with Crippen molar-refractivity contribution >= 4 is 6.08 Å². The molecule has 1 aromatic heterocycles. The van der Waals surface area contributed by atoms with E-state index in [9.17, 15) is 0 Å². The standard InChI is InChI=1S/C9H16N4/c1-10-9(11-2)5-4-8-6-12-7-13(8)3/h4-7,9-11H,1-3H3/b5-4+. The van der Waals surface area contributed by atoms with E-state index in [0.717, 1.165) is 5.69 Å². The van der Waals surface area contributed by atoms with Gasteiger partial charge in [-0.3, -0.25) is 0 Å². The molecule has 2 N–H and O–H groups in total.